The van der Waals surface area contributed by atoms with Crippen molar-refractivity contribution in [2.24, 2.45) is 0 Å². The first-order valence-corrected chi connectivity index (χ1v) is 12.7. The van der Waals surface area contributed by atoms with Crippen molar-refractivity contribution < 1.29 is 29.2 Å². The average molecular weight is 535 g/mol. The number of rotatable bonds is 8. The van der Waals surface area contributed by atoms with Crippen LogP contribution in [0.25, 0.3) is 45.8 Å². The van der Waals surface area contributed by atoms with E-state index in [1.165, 1.54) is 28.4 Å². The van der Waals surface area contributed by atoms with Gasteiger partial charge in [-0.05, 0) is 68.1 Å². The van der Waals surface area contributed by atoms with E-state index >= 15 is 0 Å². The molecule has 0 unspecified atom stereocenters. The highest BCUT2D eigenvalue weighted by Crippen LogP contribution is 2.40. The highest BCUT2D eigenvalue weighted by atomic mass is 16.5. The number of ether oxygens (including phenoxy) is 4. The van der Waals surface area contributed by atoms with Crippen molar-refractivity contribution in [1.29, 1.82) is 0 Å². The molecular weight excluding hydrogens is 504 g/mol. The number of aromatic hydroxyl groups is 2. The van der Waals surface area contributed by atoms with Gasteiger partial charge in [0.2, 0.25) is 11.5 Å². The molecule has 0 aliphatic carbocycles. The summed E-state index contributed by atoms with van der Waals surface area (Å²) < 4.78 is 21.3. The molecule has 202 valence electrons. The van der Waals surface area contributed by atoms with Gasteiger partial charge in [-0.2, -0.15) is 0 Å². The molecule has 2 N–H and O–H groups in total. The van der Waals surface area contributed by atoms with E-state index in [1.807, 2.05) is 36.4 Å². The molecule has 0 aromatic heterocycles. The standard InChI is InChI=1S/C34H30O6/c1-37-29-17-21(18-30(38-2)33(29)35)13-15-27-23-9-5-7-11-25(23)28(26-12-8-6-10-24(26)27)16-14-22-19-31(39-3)34(36)32(20-22)40-4/h5-20,35-36H,1-4H3/b15-13+,16-14+. The summed E-state index contributed by atoms with van der Waals surface area (Å²) in [5.41, 5.74) is 3.81. The summed E-state index contributed by atoms with van der Waals surface area (Å²) in [6, 6.07) is 23.7. The maximum atomic E-state index is 10.3. The Morgan fingerprint density at radius 3 is 0.975 bits per heavy atom. The zero-order valence-electron chi connectivity index (χ0n) is 22.8. The molecule has 0 aliphatic rings. The number of methoxy groups -OCH3 is 4. The van der Waals surface area contributed by atoms with Gasteiger partial charge in [0.25, 0.3) is 0 Å². The van der Waals surface area contributed by atoms with Crippen molar-refractivity contribution in [2.75, 3.05) is 28.4 Å². The molecule has 0 spiro atoms. The van der Waals surface area contributed by atoms with Crippen LogP contribution in [0.2, 0.25) is 0 Å². The zero-order valence-corrected chi connectivity index (χ0v) is 22.8. The Morgan fingerprint density at radius 2 is 0.725 bits per heavy atom. The van der Waals surface area contributed by atoms with Gasteiger partial charge in [-0.3, -0.25) is 0 Å². The molecular formula is C34H30O6. The van der Waals surface area contributed by atoms with Gasteiger partial charge in [0, 0.05) is 0 Å². The summed E-state index contributed by atoms with van der Waals surface area (Å²) in [5.74, 6) is 1.32. The number of hydrogen-bond acceptors (Lipinski definition) is 6. The second-order valence-electron chi connectivity index (χ2n) is 9.13. The van der Waals surface area contributed by atoms with E-state index in [-0.39, 0.29) is 11.5 Å². The molecule has 0 bridgehead atoms. The van der Waals surface area contributed by atoms with Gasteiger partial charge < -0.3 is 29.2 Å². The monoisotopic (exact) mass is 534 g/mol. The van der Waals surface area contributed by atoms with Crippen molar-refractivity contribution in [3.63, 3.8) is 0 Å². The first kappa shape index (κ1) is 26.5. The van der Waals surface area contributed by atoms with Gasteiger partial charge in [0.05, 0.1) is 28.4 Å². The van der Waals surface area contributed by atoms with Gasteiger partial charge in [-0.25, -0.2) is 0 Å². The van der Waals surface area contributed by atoms with Crippen molar-refractivity contribution in [3.8, 4) is 34.5 Å². The maximum absolute atomic E-state index is 10.3. The Balaban J connectivity index is 1.68. The molecule has 6 nitrogen and oxygen atoms in total. The predicted molar refractivity (Wildman–Crippen MR) is 162 cm³/mol. The van der Waals surface area contributed by atoms with Crippen LogP contribution in [-0.4, -0.2) is 38.7 Å². The highest BCUT2D eigenvalue weighted by molar-refractivity contribution is 6.14. The van der Waals surface area contributed by atoms with Gasteiger partial charge in [-0.15, -0.1) is 0 Å². The highest BCUT2D eigenvalue weighted by Gasteiger charge is 2.14. The summed E-state index contributed by atoms with van der Waals surface area (Å²) in [6.45, 7) is 0. The van der Waals surface area contributed by atoms with Gasteiger partial charge in [0.1, 0.15) is 0 Å². The number of phenolic OH excluding ortho intramolecular Hbond substituents is 2. The van der Waals surface area contributed by atoms with Crippen LogP contribution >= 0.6 is 0 Å². The maximum Gasteiger partial charge on any atom is 0.200 e. The zero-order chi connectivity index (χ0) is 28.2. The second-order valence-corrected chi connectivity index (χ2v) is 9.13. The lowest BCUT2D eigenvalue weighted by Gasteiger charge is -2.14. The summed E-state index contributed by atoms with van der Waals surface area (Å²) >= 11 is 0. The van der Waals surface area contributed by atoms with Crippen molar-refractivity contribution in [2.45, 2.75) is 0 Å². The third-order valence-electron chi connectivity index (χ3n) is 6.90. The summed E-state index contributed by atoms with van der Waals surface area (Å²) in [6.07, 6.45) is 8.14. The Morgan fingerprint density at radius 1 is 0.450 bits per heavy atom. The molecule has 5 aromatic carbocycles. The van der Waals surface area contributed by atoms with Crippen LogP contribution in [-0.2, 0) is 0 Å². The van der Waals surface area contributed by atoms with Crippen LogP contribution in [0.3, 0.4) is 0 Å². The second kappa shape index (κ2) is 11.3. The van der Waals surface area contributed by atoms with E-state index in [4.69, 9.17) is 18.9 Å². The lowest BCUT2D eigenvalue weighted by molar-refractivity contribution is 0.340. The number of hydrogen-bond donors (Lipinski definition) is 2. The van der Waals surface area contributed by atoms with Crippen LogP contribution < -0.4 is 18.9 Å². The van der Waals surface area contributed by atoms with Crippen LogP contribution in [0.4, 0.5) is 0 Å². The predicted octanol–water partition coefficient (Wildman–Crippen LogP) is 7.78. The normalized spacial score (nSPS) is 11.5. The van der Waals surface area contributed by atoms with Gasteiger partial charge in [-0.1, -0.05) is 72.8 Å². The lowest BCUT2D eigenvalue weighted by atomic mass is 9.90. The smallest absolute Gasteiger partial charge is 0.200 e. The quantitative estimate of drug-likeness (QED) is 0.156. The fourth-order valence-electron chi connectivity index (χ4n) is 4.93. The van der Waals surface area contributed by atoms with Crippen molar-refractivity contribution in [1.82, 2.24) is 0 Å². The molecule has 0 radical (unpaired) electrons. The van der Waals surface area contributed by atoms with Crippen molar-refractivity contribution >= 4 is 45.8 Å². The first-order valence-electron chi connectivity index (χ1n) is 12.7. The van der Waals surface area contributed by atoms with Gasteiger partial charge in [0.15, 0.2) is 23.0 Å². The molecule has 0 saturated carbocycles. The molecule has 0 fully saturated rings. The van der Waals surface area contributed by atoms with E-state index in [1.54, 1.807) is 24.3 Å². The molecule has 5 rings (SSSR count). The van der Waals surface area contributed by atoms with Gasteiger partial charge >= 0.3 is 0 Å². The van der Waals surface area contributed by atoms with E-state index in [0.717, 1.165) is 43.8 Å². The van der Waals surface area contributed by atoms with E-state index in [2.05, 4.69) is 36.4 Å². The fourth-order valence-corrected chi connectivity index (χ4v) is 4.93. The molecule has 40 heavy (non-hydrogen) atoms. The van der Waals surface area contributed by atoms with Crippen LogP contribution in [0.5, 0.6) is 34.5 Å². The Hall–Kier alpha value is -5.10. The van der Waals surface area contributed by atoms with E-state index in [9.17, 15) is 10.2 Å². The summed E-state index contributed by atoms with van der Waals surface area (Å²) in [5, 5.41) is 25.0. The number of benzene rings is 5. The minimum absolute atomic E-state index is 0.0296. The summed E-state index contributed by atoms with van der Waals surface area (Å²) in [7, 11) is 6.05. The molecule has 0 atom stereocenters. The minimum atomic E-state index is -0.0296. The largest absolute Gasteiger partial charge is 0.502 e. The average Bonchev–Trinajstić information content (AvgIpc) is 2.99. The summed E-state index contributed by atoms with van der Waals surface area (Å²) in [4.78, 5) is 0. The van der Waals surface area contributed by atoms with Crippen LogP contribution in [0.15, 0.2) is 72.8 Å². The Bertz CT molecular complexity index is 1530. The number of phenols is 2. The Kier molecular flexibility index (Phi) is 7.51. The topological polar surface area (TPSA) is 77.4 Å². The Labute approximate surface area is 232 Å². The van der Waals surface area contributed by atoms with Crippen LogP contribution in [0.1, 0.15) is 22.3 Å². The molecule has 6 heteroatoms. The third-order valence-corrected chi connectivity index (χ3v) is 6.90. The third kappa shape index (κ3) is 4.87. The SMILES string of the molecule is COc1cc(/C=C/c2c3ccccc3c(/C=C/c3cc(OC)c(O)c(OC)c3)c3ccccc23)cc(OC)c1O. The van der Waals surface area contributed by atoms with Crippen LogP contribution in [0, 0.1) is 0 Å². The lowest BCUT2D eigenvalue weighted by Crippen LogP contribution is -1.91. The van der Waals surface area contributed by atoms with E-state index < -0.39 is 0 Å². The molecule has 0 saturated heterocycles. The molecule has 0 aliphatic heterocycles. The minimum Gasteiger partial charge on any atom is -0.502 e. The molecule has 5 aromatic rings. The first-order chi connectivity index (χ1) is 19.5. The molecule has 0 heterocycles. The fraction of sp³-hybridized carbons (Fsp3) is 0.118. The van der Waals surface area contributed by atoms with Crippen molar-refractivity contribution in [3.05, 3.63) is 95.1 Å². The molecule has 0 amide bonds. The number of fused-ring (bicyclic) bond motifs is 2. The van der Waals surface area contributed by atoms with E-state index in [0.29, 0.717) is 23.0 Å².